The molecule has 1 aromatic heterocycles. The highest BCUT2D eigenvalue weighted by atomic mass is 14.9. The molecule has 1 N–H and O–H groups in total. The summed E-state index contributed by atoms with van der Waals surface area (Å²) in [5, 5.41) is 3.33. The summed E-state index contributed by atoms with van der Waals surface area (Å²) < 4.78 is 0. The van der Waals surface area contributed by atoms with Gasteiger partial charge in [-0.05, 0) is 36.6 Å². The Morgan fingerprint density at radius 3 is 3.18 bits per heavy atom. The molecule has 0 fully saturated rings. The monoisotopic (exact) mass is 148 g/mol. The Kier molecular flexibility index (Phi) is 1.62. The van der Waals surface area contributed by atoms with Crippen molar-refractivity contribution in [3.05, 3.63) is 29.1 Å². The minimum absolute atomic E-state index is 0.990. The second-order valence-corrected chi connectivity index (χ2v) is 3.02. The van der Waals surface area contributed by atoms with Gasteiger partial charge in [-0.3, -0.25) is 4.98 Å². The van der Waals surface area contributed by atoms with Crippen LogP contribution in [0, 0.1) is 6.92 Å². The number of nitrogens with one attached hydrogen (secondary N) is 1. The highest BCUT2D eigenvalue weighted by molar-refractivity contribution is 5.32. The fourth-order valence-electron chi connectivity index (χ4n) is 1.59. The van der Waals surface area contributed by atoms with Gasteiger partial charge in [0.2, 0.25) is 0 Å². The molecule has 1 aromatic rings. The lowest BCUT2D eigenvalue weighted by Crippen LogP contribution is -2.24. The van der Waals surface area contributed by atoms with Crippen LogP contribution in [-0.4, -0.2) is 11.5 Å². The number of hydrogen-bond acceptors (Lipinski definition) is 2. The van der Waals surface area contributed by atoms with Gasteiger partial charge < -0.3 is 5.32 Å². The zero-order chi connectivity index (χ0) is 7.68. The fourth-order valence-corrected chi connectivity index (χ4v) is 1.59. The van der Waals surface area contributed by atoms with E-state index in [4.69, 9.17) is 0 Å². The third kappa shape index (κ3) is 1.14. The molecule has 2 nitrogen and oxygen atoms in total. The second-order valence-electron chi connectivity index (χ2n) is 3.02. The highest BCUT2D eigenvalue weighted by Crippen LogP contribution is 2.15. The van der Waals surface area contributed by atoms with Gasteiger partial charge in [-0.1, -0.05) is 0 Å². The van der Waals surface area contributed by atoms with E-state index in [9.17, 15) is 0 Å². The van der Waals surface area contributed by atoms with Gasteiger partial charge >= 0.3 is 0 Å². The molecule has 0 saturated carbocycles. The topological polar surface area (TPSA) is 24.9 Å². The van der Waals surface area contributed by atoms with Crippen LogP contribution in [0.25, 0.3) is 0 Å². The number of rotatable bonds is 0. The molecular formula is C9H12N2. The van der Waals surface area contributed by atoms with Gasteiger partial charge in [0.15, 0.2) is 0 Å². The van der Waals surface area contributed by atoms with Crippen molar-refractivity contribution in [1.82, 2.24) is 10.3 Å². The van der Waals surface area contributed by atoms with E-state index in [0.29, 0.717) is 0 Å². The van der Waals surface area contributed by atoms with Crippen LogP contribution >= 0.6 is 0 Å². The Hall–Kier alpha value is -0.890. The molecule has 2 heterocycles. The predicted molar refractivity (Wildman–Crippen MR) is 44.4 cm³/mol. The van der Waals surface area contributed by atoms with Crippen molar-refractivity contribution < 1.29 is 0 Å². The lowest BCUT2D eigenvalue weighted by atomic mass is 9.99. The maximum atomic E-state index is 4.16. The molecule has 2 heteroatoms. The second kappa shape index (κ2) is 2.62. The van der Waals surface area contributed by atoms with E-state index in [1.54, 1.807) is 0 Å². The van der Waals surface area contributed by atoms with Crippen molar-refractivity contribution in [2.24, 2.45) is 0 Å². The van der Waals surface area contributed by atoms with Crippen molar-refractivity contribution >= 4 is 0 Å². The molecule has 0 bridgehead atoms. The highest BCUT2D eigenvalue weighted by Gasteiger charge is 2.09. The molecule has 2 rings (SSSR count). The zero-order valence-electron chi connectivity index (χ0n) is 6.72. The first-order valence-electron chi connectivity index (χ1n) is 4.01. The van der Waals surface area contributed by atoms with Crippen LogP contribution in [0.15, 0.2) is 12.4 Å². The van der Waals surface area contributed by atoms with Crippen LogP contribution in [0.4, 0.5) is 0 Å². The molecule has 0 unspecified atom stereocenters. The minimum atomic E-state index is 0.990. The SMILES string of the molecule is Cc1cncc2c1CCNC2. The summed E-state index contributed by atoms with van der Waals surface area (Å²) in [5.41, 5.74) is 4.21. The lowest BCUT2D eigenvalue weighted by molar-refractivity contribution is 0.638. The van der Waals surface area contributed by atoms with E-state index in [0.717, 1.165) is 19.5 Å². The first kappa shape index (κ1) is 6.80. The van der Waals surface area contributed by atoms with Gasteiger partial charge in [0.05, 0.1) is 0 Å². The van der Waals surface area contributed by atoms with Gasteiger partial charge in [0.1, 0.15) is 0 Å². The number of aromatic nitrogens is 1. The van der Waals surface area contributed by atoms with Gasteiger partial charge in [-0.2, -0.15) is 0 Å². The van der Waals surface area contributed by atoms with Gasteiger partial charge in [0.25, 0.3) is 0 Å². The first-order valence-corrected chi connectivity index (χ1v) is 4.01. The molecule has 1 aliphatic heterocycles. The summed E-state index contributed by atoms with van der Waals surface area (Å²) in [6.07, 6.45) is 5.07. The molecule has 58 valence electrons. The molecule has 0 spiro atoms. The first-order chi connectivity index (χ1) is 5.38. The van der Waals surface area contributed by atoms with Crippen molar-refractivity contribution in [3.63, 3.8) is 0 Å². The minimum Gasteiger partial charge on any atom is -0.312 e. The number of nitrogens with zero attached hydrogens (tertiary/aromatic N) is 1. The predicted octanol–water partition coefficient (Wildman–Crippen LogP) is 1.04. The summed E-state index contributed by atoms with van der Waals surface area (Å²) in [7, 11) is 0. The molecule has 0 atom stereocenters. The Bertz CT molecular complexity index is 268. The maximum absolute atomic E-state index is 4.16. The summed E-state index contributed by atoms with van der Waals surface area (Å²) in [5.74, 6) is 0. The van der Waals surface area contributed by atoms with E-state index < -0.39 is 0 Å². The number of fused-ring (bicyclic) bond motifs is 1. The van der Waals surface area contributed by atoms with Crippen LogP contribution < -0.4 is 5.32 Å². The molecule has 0 amide bonds. The van der Waals surface area contributed by atoms with Crippen molar-refractivity contribution in [1.29, 1.82) is 0 Å². The van der Waals surface area contributed by atoms with Gasteiger partial charge in [-0.25, -0.2) is 0 Å². The lowest BCUT2D eigenvalue weighted by Gasteiger charge is -2.17. The quantitative estimate of drug-likeness (QED) is 0.594. The van der Waals surface area contributed by atoms with Crippen molar-refractivity contribution in [2.45, 2.75) is 19.9 Å². The normalized spacial score (nSPS) is 16.1. The fraction of sp³-hybridized carbons (Fsp3) is 0.444. The van der Waals surface area contributed by atoms with E-state index in [1.165, 1.54) is 16.7 Å². The number of hydrogen-bond donors (Lipinski definition) is 1. The Morgan fingerprint density at radius 1 is 1.45 bits per heavy atom. The summed E-state index contributed by atoms with van der Waals surface area (Å²) >= 11 is 0. The van der Waals surface area contributed by atoms with E-state index in [2.05, 4.69) is 17.2 Å². The third-order valence-corrected chi connectivity index (χ3v) is 2.23. The van der Waals surface area contributed by atoms with Crippen LogP contribution in [0.5, 0.6) is 0 Å². The molecule has 11 heavy (non-hydrogen) atoms. The van der Waals surface area contributed by atoms with Crippen LogP contribution in [-0.2, 0) is 13.0 Å². The summed E-state index contributed by atoms with van der Waals surface area (Å²) in [6, 6.07) is 0. The Morgan fingerprint density at radius 2 is 2.36 bits per heavy atom. The third-order valence-electron chi connectivity index (χ3n) is 2.23. The largest absolute Gasteiger partial charge is 0.312 e. The van der Waals surface area contributed by atoms with Crippen LogP contribution in [0.2, 0.25) is 0 Å². The summed E-state index contributed by atoms with van der Waals surface area (Å²) in [6.45, 7) is 4.24. The summed E-state index contributed by atoms with van der Waals surface area (Å²) in [4.78, 5) is 4.16. The molecule has 0 aromatic carbocycles. The van der Waals surface area contributed by atoms with Crippen LogP contribution in [0.3, 0.4) is 0 Å². The standard InChI is InChI=1S/C9H12N2/c1-7-4-11-6-8-5-10-3-2-9(7)8/h4,6,10H,2-3,5H2,1H3. The van der Waals surface area contributed by atoms with Crippen molar-refractivity contribution in [3.8, 4) is 0 Å². The smallest absolute Gasteiger partial charge is 0.0315 e. The molecule has 0 saturated heterocycles. The van der Waals surface area contributed by atoms with E-state index >= 15 is 0 Å². The Balaban J connectivity index is 2.49. The van der Waals surface area contributed by atoms with E-state index in [1.807, 2.05) is 12.4 Å². The average molecular weight is 148 g/mol. The van der Waals surface area contributed by atoms with Gasteiger partial charge in [-0.15, -0.1) is 0 Å². The van der Waals surface area contributed by atoms with E-state index in [-0.39, 0.29) is 0 Å². The van der Waals surface area contributed by atoms with Crippen LogP contribution in [0.1, 0.15) is 16.7 Å². The number of aryl methyl sites for hydroxylation is 1. The molecule has 1 aliphatic rings. The van der Waals surface area contributed by atoms with Crippen molar-refractivity contribution in [2.75, 3.05) is 6.54 Å². The number of pyridine rings is 1. The molecule has 0 radical (unpaired) electrons. The zero-order valence-corrected chi connectivity index (χ0v) is 6.72. The molecule has 0 aliphatic carbocycles. The maximum Gasteiger partial charge on any atom is 0.0315 e. The molecular weight excluding hydrogens is 136 g/mol. The van der Waals surface area contributed by atoms with Gasteiger partial charge in [0, 0.05) is 18.9 Å². The Labute approximate surface area is 66.7 Å². The average Bonchev–Trinajstić information content (AvgIpc) is 2.06.